The molecular formula is C15H21NO4S. The average Bonchev–Trinajstić information content (AvgIpc) is 2.40. The summed E-state index contributed by atoms with van der Waals surface area (Å²) < 4.78 is 5.42. The lowest BCUT2D eigenvalue weighted by Gasteiger charge is -2.16. The number of anilines is 1. The first-order valence-electron chi connectivity index (χ1n) is 6.81. The molecule has 2 N–H and O–H groups in total. The van der Waals surface area contributed by atoms with Gasteiger partial charge in [-0.3, -0.25) is 9.59 Å². The van der Waals surface area contributed by atoms with E-state index in [0.717, 1.165) is 11.8 Å². The quantitative estimate of drug-likeness (QED) is 0.772. The third kappa shape index (κ3) is 5.67. The molecule has 116 valence electrons. The Labute approximate surface area is 129 Å². The number of carboxylic acids is 1. The predicted molar refractivity (Wildman–Crippen MR) is 85.0 cm³/mol. The van der Waals surface area contributed by atoms with Crippen molar-refractivity contribution in [2.45, 2.75) is 26.0 Å². The summed E-state index contributed by atoms with van der Waals surface area (Å²) in [7, 11) is 0. The number of rotatable bonds is 8. The molecule has 0 heterocycles. The van der Waals surface area contributed by atoms with Gasteiger partial charge in [0.2, 0.25) is 5.91 Å². The summed E-state index contributed by atoms with van der Waals surface area (Å²) in [6, 6.07) is 7.17. The second-order valence-corrected chi connectivity index (χ2v) is 5.92. The van der Waals surface area contributed by atoms with E-state index in [4.69, 9.17) is 9.84 Å². The molecule has 0 fully saturated rings. The summed E-state index contributed by atoms with van der Waals surface area (Å²) in [4.78, 5) is 23.0. The molecule has 0 bridgehead atoms. The molecule has 0 aliphatic carbocycles. The van der Waals surface area contributed by atoms with Crippen LogP contribution in [0.4, 0.5) is 5.69 Å². The zero-order valence-electron chi connectivity index (χ0n) is 12.5. The van der Waals surface area contributed by atoms with Gasteiger partial charge in [-0.15, -0.1) is 11.8 Å². The first-order valence-corrected chi connectivity index (χ1v) is 7.86. The Kier molecular flexibility index (Phi) is 7.08. The van der Waals surface area contributed by atoms with E-state index < -0.39 is 11.2 Å². The van der Waals surface area contributed by atoms with Crippen LogP contribution in [0.3, 0.4) is 0 Å². The van der Waals surface area contributed by atoms with Gasteiger partial charge < -0.3 is 15.2 Å². The van der Waals surface area contributed by atoms with Crippen molar-refractivity contribution in [3.63, 3.8) is 0 Å². The second kappa shape index (κ2) is 8.56. The molecule has 6 heteroatoms. The highest BCUT2D eigenvalue weighted by atomic mass is 32.2. The van der Waals surface area contributed by atoms with Crippen molar-refractivity contribution in [1.29, 1.82) is 0 Å². The van der Waals surface area contributed by atoms with Crippen molar-refractivity contribution >= 4 is 29.3 Å². The van der Waals surface area contributed by atoms with Crippen LogP contribution >= 0.6 is 11.8 Å². The van der Waals surface area contributed by atoms with Crippen LogP contribution in [0, 0.1) is 5.92 Å². The average molecular weight is 311 g/mol. The van der Waals surface area contributed by atoms with Crippen molar-refractivity contribution < 1.29 is 19.4 Å². The van der Waals surface area contributed by atoms with Gasteiger partial charge >= 0.3 is 5.97 Å². The summed E-state index contributed by atoms with van der Waals surface area (Å²) >= 11 is 1.13. The van der Waals surface area contributed by atoms with Gasteiger partial charge in [-0.25, -0.2) is 0 Å². The number of aliphatic carboxylic acids is 1. The number of benzene rings is 1. The van der Waals surface area contributed by atoms with Crippen LogP contribution in [0.25, 0.3) is 0 Å². The summed E-state index contributed by atoms with van der Waals surface area (Å²) in [5.74, 6) is -0.458. The Morgan fingerprint density at radius 3 is 2.57 bits per heavy atom. The molecular weight excluding hydrogens is 290 g/mol. The van der Waals surface area contributed by atoms with Crippen LogP contribution in [0.1, 0.15) is 20.8 Å². The van der Waals surface area contributed by atoms with Gasteiger partial charge in [-0.2, -0.15) is 0 Å². The number of thioether (sulfide) groups is 1. The van der Waals surface area contributed by atoms with Gasteiger partial charge in [0.25, 0.3) is 0 Å². The Hall–Kier alpha value is -1.69. The van der Waals surface area contributed by atoms with E-state index in [1.54, 1.807) is 18.2 Å². The van der Waals surface area contributed by atoms with Crippen LogP contribution in [-0.2, 0) is 9.59 Å². The number of hydrogen-bond donors (Lipinski definition) is 2. The van der Waals surface area contributed by atoms with E-state index in [9.17, 15) is 9.59 Å². The molecule has 0 radical (unpaired) electrons. The minimum Gasteiger partial charge on any atom is -0.492 e. The monoisotopic (exact) mass is 311 g/mol. The van der Waals surface area contributed by atoms with Crippen LogP contribution in [0.5, 0.6) is 5.75 Å². The standard InChI is InChI=1S/C15H21NO4S/c1-4-20-12-8-6-5-7-11(12)16-13(17)9-21-14(10(2)3)15(18)19/h5-8,10,14H,4,9H2,1-3H3,(H,16,17)(H,18,19). The van der Waals surface area contributed by atoms with Crippen LogP contribution in [-0.4, -0.2) is 34.6 Å². The number of para-hydroxylation sites is 2. The highest BCUT2D eigenvalue weighted by Gasteiger charge is 2.23. The van der Waals surface area contributed by atoms with Gasteiger partial charge in [-0.1, -0.05) is 26.0 Å². The minimum atomic E-state index is -0.891. The molecule has 1 amide bonds. The molecule has 0 spiro atoms. The summed E-state index contributed by atoms with van der Waals surface area (Å²) in [5, 5.41) is 11.3. The fraction of sp³-hybridized carbons (Fsp3) is 0.467. The Morgan fingerprint density at radius 1 is 1.33 bits per heavy atom. The molecule has 0 saturated carbocycles. The number of amides is 1. The van der Waals surface area contributed by atoms with Gasteiger partial charge in [0.1, 0.15) is 11.0 Å². The minimum absolute atomic E-state index is 0.0315. The van der Waals surface area contributed by atoms with Crippen LogP contribution in [0.15, 0.2) is 24.3 Å². The smallest absolute Gasteiger partial charge is 0.316 e. The normalized spacial score (nSPS) is 12.0. The molecule has 0 aliphatic heterocycles. The third-order valence-corrected chi connectivity index (χ3v) is 4.24. The molecule has 1 aromatic carbocycles. The number of hydrogen-bond acceptors (Lipinski definition) is 4. The number of carboxylic acid groups (broad SMARTS) is 1. The molecule has 0 saturated heterocycles. The fourth-order valence-electron chi connectivity index (χ4n) is 1.75. The summed E-state index contributed by atoms with van der Waals surface area (Å²) in [5.41, 5.74) is 0.598. The van der Waals surface area contributed by atoms with Crippen molar-refractivity contribution in [2.24, 2.45) is 5.92 Å². The third-order valence-electron chi connectivity index (χ3n) is 2.70. The second-order valence-electron chi connectivity index (χ2n) is 4.79. The topological polar surface area (TPSA) is 75.6 Å². The molecule has 5 nitrogen and oxygen atoms in total. The molecule has 1 rings (SSSR count). The number of nitrogens with one attached hydrogen (secondary N) is 1. The maximum absolute atomic E-state index is 11.9. The van der Waals surface area contributed by atoms with E-state index in [1.165, 1.54) is 0 Å². The Morgan fingerprint density at radius 2 is 2.00 bits per heavy atom. The predicted octanol–water partition coefficient (Wildman–Crippen LogP) is 2.87. The molecule has 1 atom stereocenters. The van der Waals surface area contributed by atoms with Crippen LogP contribution < -0.4 is 10.1 Å². The SMILES string of the molecule is CCOc1ccccc1NC(=O)CSC(C(=O)O)C(C)C. The van der Waals surface area contributed by atoms with Crippen molar-refractivity contribution in [2.75, 3.05) is 17.7 Å². The molecule has 0 aromatic heterocycles. The van der Waals surface area contributed by atoms with Gasteiger partial charge in [-0.05, 0) is 25.0 Å². The lowest BCUT2D eigenvalue weighted by Crippen LogP contribution is -2.25. The fourth-order valence-corrected chi connectivity index (χ4v) is 2.68. The van der Waals surface area contributed by atoms with Crippen molar-refractivity contribution in [3.05, 3.63) is 24.3 Å². The van der Waals surface area contributed by atoms with Crippen molar-refractivity contribution in [3.8, 4) is 5.75 Å². The molecule has 21 heavy (non-hydrogen) atoms. The maximum Gasteiger partial charge on any atom is 0.316 e. The summed E-state index contributed by atoms with van der Waals surface area (Å²) in [6.45, 7) is 6.03. The van der Waals surface area contributed by atoms with E-state index in [-0.39, 0.29) is 17.6 Å². The van der Waals surface area contributed by atoms with E-state index >= 15 is 0 Å². The highest BCUT2D eigenvalue weighted by molar-refractivity contribution is 8.01. The van der Waals surface area contributed by atoms with Crippen LogP contribution in [0.2, 0.25) is 0 Å². The van der Waals surface area contributed by atoms with E-state index in [1.807, 2.05) is 26.8 Å². The Balaban J connectivity index is 2.60. The van der Waals surface area contributed by atoms with Gasteiger partial charge in [0.05, 0.1) is 18.0 Å². The van der Waals surface area contributed by atoms with E-state index in [0.29, 0.717) is 18.0 Å². The molecule has 1 aromatic rings. The zero-order chi connectivity index (χ0) is 15.8. The highest BCUT2D eigenvalue weighted by Crippen LogP contribution is 2.25. The van der Waals surface area contributed by atoms with Gasteiger partial charge in [0.15, 0.2) is 0 Å². The molecule has 1 unspecified atom stereocenters. The number of ether oxygens (including phenoxy) is 1. The Bertz CT molecular complexity index is 490. The number of carbonyl (C=O) groups excluding carboxylic acids is 1. The lowest BCUT2D eigenvalue weighted by atomic mass is 10.1. The molecule has 0 aliphatic rings. The maximum atomic E-state index is 11.9. The lowest BCUT2D eigenvalue weighted by molar-refractivity contribution is -0.137. The first-order chi connectivity index (χ1) is 9.95. The largest absolute Gasteiger partial charge is 0.492 e. The van der Waals surface area contributed by atoms with Gasteiger partial charge in [0, 0.05) is 0 Å². The zero-order valence-corrected chi connectivity index (χ0v) is 13.3. The number of carbonyl (C=O) groups is 2. The first kappa shape index (κ1) is 17.4. The van der Waals surface area contributed by atoms with Crippen molar-refractivity contribution in [1.82, 2.24) is 0 Å². The van der Waals surface area contributed by atoms with E-state index in [2.05, 4.69) is 5.32 Å². The summed E-state index contributed by atoms with van der Waals surface area (Å²) in [6.07, 6.45) is 0.